The predicted octanol–water partition coefficient (Wildman–Crippen LogP) is 5.08. The molecule has 0 unspecified atom stereocenters. The van der Waals surface area contributed by atoms with Crippen LogP contribution < -0.4 is 0 Å². The lowest BCUT2D eigenvalue weighted by Gasteiger charge is -2.05. The fourth-order valence-corrected chi connectivity index (χ4v) is 1.98. The van der Waals surface area contributed by atoms with Crippen LogP contribution in [0.4, 0.5) is 13.2 Å². The topological polar surface area (TPSA) is 38.9 Å². The second-order valence-electron chi connectivity index (χ2n) is 4.51. The van der Waals surface area contributed by atoms with Gasteiger partial charge in [0.05, 0.1) is 5.56 Å². The average molecular weight is 325 g/mol. The standard InChI is InChI=1S/C15H8ClF3N2O/c16-12-7-3-10(4-8-12)14-20-13(21-22-14)9-1-5-11(6-2-9)15(17,18)19/h1-8H. The summed E-state index contributed by atoms with van der Waals surface area (Å²) < 4.78 is 42.7. The summed E-state index contributed by atoms with van der Waals surface area (Å²) in [6, 6.07) is 11.4. The van der Waals surface area contributed by atoms with Crippen molar-refractivity contribution in [1.29, 1.82) is 0 Å². The summed E-state index contributed by atoms with van der Waals surface area (Å²) in [5.41, 5.74) is 0.393. The number of rotatable bonds is 2. The molecule has 3 nitrogen and oxygen atoms in total. The number of aromatic nitrogens is 2. The van der Waals surface area contributed by atoms with E-state index in [-0.39, 0.29) is 11.7 Å². The van der Waals surface area contributed by atoms with Crippen LogP contribution in [0.15, 0.2) is 53.1 Å². The number of hydrogen-bond acceptors (Lipinski definition) is 3. The molecular weight excluding hydrogens is 317 g/mol. The Morgan fingerprint density at radius 3 is 2.05 bits per heavy atom. The summed E-state index contributed by atoms with van der Waals surface area (Å²) in [5.74, 6) is 0.491. The lowest BCUT2D eigenvalue weighted by Crippen LogP contribution is -2.04. The first-order valence-electron chi connectivity index (χ1n) is 6.21. The minimum absolute atomic E-state index is 0.221. The molecule has 0 aliphatic carbocycles. The number of hydrogen-bond donors (Lipinski definition) is 0. The Morgan fingerprint density at radius 2 is 1.45 bits per heavy atom. The number of benzene rings is 2. The van der Waals surface area contributed by atoms with Crippen LogP contribution in [-0.2, 0) is 6.18 Å². The van der Waals surface area contributed by atoms with Crippen molar-refractivity contribution in [3.63, 3.8) is 0 Å². The van der Waals surface area contributed by atoms with Crippen LogP contribution >= 0.6 is 11.6 Å². The first-order chi connectivity index (χ1) is 10.4. The summed E-state index contributed by atoms with van der Waals surface area (Å²) in [7, 11) is 0. The van der Waals surface area contributed by atoms with Gasteiger partial charge >= 0.3 is 6.18 Å². The SMILES string of the molecule is FC(F)(F)c1ccc(-c2noc(-c3ccc(Cl)cc3)n2)cc1. The van der Waals surface area contributed by atoms with Crippen LogP contribution in [0.1, 0.15) is 5.56 Å². The molecule has 112 valence electrons. The fourth-order valence-electron chi connectivity index (χ4n) is 1.86. The monoisotopic (exact) mass is 324 g/mol. The molecule has 0 spiro atoms. The highest BCUT2D eigenvalue weighted by Gasteiger charge is 2.30. The molecule has 0 N–H and O–H groups in total. The van der Waals surface area contributed by atoms with Gasteiger partial charge in [0.25, 0.3) is 5.89 Å². The largest absolute Gasteiger partial charge is 0.416 e. The molecule has 0 aliphatic heterocycles. The Morgan fingerprint density at radius 1 is 0.864 bits per heavy atom. The van der Waals surface area contributed by atoms with Gasteiger partial charge in [-0.1, -0.05) is 28.9 Å². The third kappa shape index (κ3) is 2.96. The molecular formula is C15H8ClF3N2O. The number of nitrogens with zero attached hydrogens (tertiary/aromatic N) is 2. The minimum atomic E-state index is -4.37. The van der Waals surface area contributed by atoms with Gasteiger partial charge in [-0.3, -0.25) is 0 Å². The lowest BCUT2D eigenvalue weighted by atomic mass is 10.1. The first kappa shape index (κ1) is 14.6. The van der Waals surface area contributed by atoms with Crippen molar-refractivity contribution in [2.24, 2.45) is 0 Å². The van der Waals surface area contributed by atoms with Gasteiger partial charge in [0.15, 0.2) is 0 Å². The molecule has 0 saturated carbocycles. The van der Waals surface area contributed by atoms with Crippen LogP contribution in [0.25, 0.3) is 22.8 Å². The molecule has 0 aliphatic rings. The van der Waals surface area contributed by atoms with E-state index in [0.29, 0.717) is 16.1 Å². The van der Waals surface area contributed by atoms with Gasteiger partial charge in [-0.05, 0) is 36.4 Å². The third-order valence-electron chi connectivity index (χ3n) is 2.99. The van der Waals surface area contributed by atoms with Crippen molar-refractivity contribution in [3.8, 4) is 22.8 Å². The van der Waals surface area contributed by atoms with E-state index in [4.69, 9.17) is 16.1 Å². The van der Waals surface area contributed by atoms with E-state index in [0.717, 1.165) is 12.1 Å². The van der Waals surface area contributed by atoms with Crippen LogP contribution in [0.5, 0.6) is 0 Å². The maximum Gasteiger partial charge on any atom is 0.416 e. The zero-order chi connectivity index (χ0) is 15.7. The van der Waals surface area contributed by atoms with Crippen LogP contribution in [-0.4, -0.2) is 10.1 Å². The Kier molecular flexibility index (Phi) is 3.62. The minimum Gasteiger partial charge on any atom is -0.334 e. The van der Waals surface area contributed by atoms with E-state index >= 15 is 0 Å². The molecule has 0 bridgehead atoms. The maximum atomic E-state index is 12.5. The average Bonchev–Trinajstić information content (AvgIpc) is 2.97. The zero-order valence-corrected chi connectivity index (χ0v) is 11.7. The quantitative estimate of drug-likeness (QED) is 0.660. The van der Waals surface area contributed by atoms with Gasteiger partial charge in [0, 0.05) is 16.1 Å². The normalized spacial score (nSPS) is 11.6. The van der Waals surface area contributed by atoms with E-state index < -0.39 is 11.7 Å². The highest BCUT2D eigenvalue weighted by molar-refractivity contribution is 6.30. The molecule has 2 aromatic carbocycles. The van der Waals surface area contributed by atoms with Crippen molar-refractivity contribution >= 4 is 11.6 Å². The fraction of sp³-hybridized carbons (Fsp3) is 0.0667. The van der Waals surface area contributed by atoms with E-state index in [9.17, 15) is 13.2 Å². The number of halogens is 4. The summed E-state index contributed by atoms with van der Waals surface area (Å²) in [6.07, 6.45) is -4.37. The zero-order valence-electron chi connectivity index (χ0n) is 10.9. The van der Waals surface area contributed by atoms with Crippen LogP contribution in [0.3, 0.4) is 0 Å². The molecule has 0 amide bonds. The molecule has 1 aromatic heterocycles. The van der Waals surface area contributed by atoms with Crippen LogP contribution in [0, 0.1) is 0 Å². The van der Waals surface area contributed by atoms with Crippen molar-refractivity contribution in [3.05, 3.63) is 59.1 Å². The Labute approximate surface area is 128 Å². The van der Waals surface area contributed by atoms with Gasteiger partial charge < -0.3 is 4.52 Å². The summed E-state index contributed by atoms with van der Waals surface area (Å²) in [4.78, 5) is 4.17. The molecule has 3 aromatic rings. The molecule has 0 saturated heterocycles. The number of alkyl halides is 3. The lowest BCUT2D eigenvalue weighted by molar-refractivity contribution is -0.137. The molecule has 0 radical (unpaired) electrons. The van der Waals surface area contributed by atoms with Gasteiger partial charge in [0.2, 0.25) is 5.82 Å². The second-order valence-corrected chi connectivity index (χ2v) is 4.94. The van der Waals surface area contributed by atoms with Crippen molar-refractivity contribution < 1.29 is 17.7 Å². The Balaban J connectivity index is 1.89. The summed E-state index contributed by atoms with van der Waals surface area (Å²) in [5, 5.41) is 4.35. The van der Waals surface area contributed by atoms with Gasteiger partial charge in [-0.2, -0.15) is 18.2 Å². The van der Waals surface area contributed by atoms with E-state index in [1.165, 1.54) is 12.1 Å². The van der Waals surface area contributed by atoms with E-state index in [1.807, 2.05) is 0 Å². The van der Waals surface area contributed by atoms with Gasteiger partial charge in [-0.15, -0.1) is 0 Å². The van der Waals surface area contributed by atoms with E-state index in [1.54, 1.807) is 24.3 Å². The molecule has 0 fully saturated rings. The molecule has 0 atom stereocenters. The van der Waals surface area contributed by atoms with Crippen molar-refractivity contribution in [1.82, 2.24) is 10.1 Å². The molecule has 22 heavy (non-hydrogen) atoms. The maximum absolute atomic E-state index is 12.5. The Hall–Kier alpha value is -2.34. The van der Waals surface area contributed by atoms with Crippen LogP contribution in [0.2, 0.25) is 5.02 Å². The van der Waals surface area contributed by atoms with Gasteiger partial charge in [0.1, 0.15) is 0 Å². The summed E-state index contributed by atoms with van der Waals surface area (Å²) in [6.45, 7) is 0. The first-order valence-corrected chi connectivity index (χ1v) is 6.58. The highest BCUT2D eigenvalue weighted by atomic mass is 35.5. The third-order valence-corrected chi connectivity index (χ3v) is 3.24. The molecule has 7 heteroatoms. The van der Waals surface area contributed by atoms with E-state index in [2.05, 4.69) is 10.1 Å². The predicted molar refractivity (Wildman–Crippen MR) is 75.2 cm³/mol. The summed E-state index contributed by atoms with van der Waals surface area (Å²) >= 11 is 5.79. The highest BCUT2D eigenvalue weighted by Crippen LogP contribution is 2.31. The second kappa shape index (κ2) is 5.46. The molecule has 3 rings (SSSR count). The smallest absolute Gasteiger partial charge is 0.334 e. The van der Waals surface area contributed by atoms with Gasteiger partial charge in [-0.25, -0.2) is 0 Å². The van der Waals surface area contributed by atoms with Crippen molar-refractivity contribution in [2.75, 3.05) is 0 Å². The Bertz CT molecular complexity index is 780. The molecule has 1 heterocycles. The van der Waals surface area contributed by atoms with Crippen molar-refractivity contribution in [2.45, 2.75) is 6.18 Å².